The summed E-state index contributed by atoms with van der Waals surface area (Å²) in [5.41, 5.74) is 1.03. The summed E-state index contributed by atoms with van der Waals surface area (Å²) >= 11 is 0. The molecule has 1 atom stereocenters. The molecular weight excluding hydrogens is 192 g/mol. The molecule has 0 aliphatic rings. The molecule has 0 bridgehead atoms. The molecule has 1 N–H and O–H groups in total. The maximum atomic E-state index is 10.7. The Morgan fingerprint density at radius 2 is 1.87 bits per heavy atom. The molecule has 0 aromatic heterocycles. The van der Waals surface area contributed by atoms with Crippen LogP contribution in [0.4, 0.5) is 0 Å². The third-order valence-electron chi connectivity index (χ3n) is 2.19. The van der Waals surface area contributed by atoms with Crippen molar-refractivity contribution in [1.82, 2.24) is 0 Å². The van der Waals surface area contributed by atoms with E-state index >= 15 is 0 Å². The third-order valence-corrected chi connectivity index (χ3v) is 2.19. The first-order chi connectivity index (χ1) is 7.02. The summed E-state index contributed by atoms with van der Waals surface area (Å²) in [7, 11) is 0. The fraction of sp³-hybridized carbons (Fsp3) is 0.417. The van der Waals surface area contributed by atoms with Gasteiger partial charge in [-0.2, -0.15) is 0 Å². The monoisotopic (exact) mass is 208 g/mol. The Bertz CT molecular complexity index is 344. The predicted molar refractivity (Wildman–Crippen MR) is 58.3 cm³/mol. The molecule has 0 aliphatic heterocycles. The summed E-state index contributed by atoms with van der Waals surface area (Å²) < 4.78 is 5.37. The predicted octanol–water partition coefficient (Wildman–Crippen LogP) is 2.66. The third kappa shape index (κ3) is 2.98. The van der Waals surface area contributed by atoms with Gasteiger partial charge in [0.1, 0.15) is 5.75 Å². The smallest absolute Gasteiger partial charge is 0.344 e. The van der Waals surface area contributed by atoms with E-state index in [0.717, 1.165) is 5.56 Å². The van der Waals surface area contributed by atoms with Crippen LogP contribution >= 0.6 is 0 Å². The molecule has 15 heavy (non-hydrogen) atoms. The molecule has 1 aromatic carbocycles. The molecule has 0 unspecified atom stereocenters. The number of carboxylic acid groups (broad SMARTS) is 1. The van der Waals surface area contributed by atoms with Crippen molar-refractivity contribution < 1.29 is 14.6 Å². The van der Waals surface area contributed by atoms with Gasteiger partial charge in [0, 0.05) is 0 Å². The fourth-order valence-corrected chi connectivity index (χ4v) is 1.31. The number of hydrogen-bond acceptors (Lipinski definition) is 2. The maximum Gasteiger partial charge on any atom is 0.344 e. The first-order valence-corrected chi connectivity index (χ1v) is 5.00. The molecule has 0 spiro atoms. The molecule has 3 heteroatoms. The number of hydrogen-bond donors (Lipinski definition) is 1. The van der Waals surface area contributed by atoms with Gasteiger partial charge in [-0.25, -0.2) is 4.79 Å². The van der Waals surface area contributed by atoms with Crippen LogP contribution in [0.1, 0.15) is 32.3 Å². The molecule has 0 aliphatic carbocycles. The van der Waals surface area contributed by atoms with E-state index < -0.39 is 12.1 Å². The normalized spacial score (nSPS) is 12.5. The SMILES string of the molecule is CC(C)c1ccccc1O[C@H](C)C(=O)O. The second kappa shape index (κ2) is 4.82. The van der Waals surface area contributed by atoms with Crippen molar-refractivity contribution in [1.29, 1.82) is 0 Å². The Morgan fingerprint density at radius 3 is 2.40 bits per heavy atom. The van der Waals surface area contributed by atoms with Crippen molar-refractivity contribution in [2.75, 3.05) is 0 Å². The second-order valence-corrected chi connectivity index (χ2v) is 3.79. The molecule has 0 fully saturated rings. The van der Waals surface area contributed by atoms with E-state index in [1.54, 1.807) is 6.07 Å². The lowest BCUT2D eigenvalue weighted by Gasteiger charge is -2.16. The Hall–Kier alpha value is -1.51. The number of carboxylic acids is 1. The lowest BCUT2D eigenvalue weighted by molar-refractivity contribution is -0.144. The zero-order valence-corrected chi connectivity index (χ0v) is 9.23. The summed E-state index contributed by atoms with van der Waals surface area (Å²) in [4.78, 5) is 10.7. The van der Waals surface area contributed by atoms with Gasteiger partial charge in [-0.3, -0.25) is 0 Å². The van der Waals surface area contributed by atoms with Gasteiger partial charge in [-0.15, -0.1) is 0 Å². The minimum Gasteiger partial charge on any atom is -0.479 e. The van der Waals surface area contributed by atoms with Crippen LogP contribution in [0, 0.1) is 0 Å². The Labute approximate surface area is 89.7 Å². The van der Waals surface area contributed by atoms with Gasteiger partial charge >= 0.3 is 5.97 Å². The summed E-state index contributed by atoms with van der Waals surface area (Å²) in [5.74, 6) is 0.0261. The highest BCUT2D eigenvalue weighted by Crippen LogP contribution is 2.26. The minimum atomic E-state index is -0.950. The zero-order valence-electron chi connectivity index (χ0n) is 9.23. The second-order valence-electron chi connectivity index (χ2n) is 3.79. The van der Waals surface area contributed by atoms with Gasteiger partial charge in [0.05, 0.1) is 0 Å². The van der Waals surface area contributed by atoms with Gasteiger partial charge in [-0.1, -0.05) is 32.0 Å². The number of ether oxygens (including phenoxy) is 1. The van der Waals surface area contributed by atoms with Crippen LogP contribution in [-0.2, 0) is 4.79 Å². The zero-order chi connectivity index (χ0) is 11.4. The van der Waals surface area contributed by atoms with Crippen molar-refractivity contribution in [3.8, 4) is 5.75 Å². The van der Waals surface area contributed by atoms with E-state index in [4.69, 9.17) is 9.84 Å². The van der Waals surface area contributed by atoms with Crippen LogP contribution < -0.4 is 4.74 Å². The lowest BCUT2D eigenvalue weighted by Crippen LogP contribution is -2.23. The molecule has 0 radical (unpaired) electrons. The summed E-state index contributed by atoms with van der Waals surface area (Å²) in [6.45, 7) is 5.63. The van der Waals surface area contributed by atoms with Crippen LogP contribution in [0.5, 0.6) is 5.75 Å². The highest BCUT2D eigenvalue weighted by atomic mass is 16.5. The van der Waals surface area contributed by atoms with E-state index in [-0.39, 0.29) is 0 Å². The highest BCUT2D eigenvalue weighted by molar-refractivity contribution is 5.72. The number of benzene rings is 1. The fourth-order valence-electron chi connectivity index (χ4n) is 1.31. The summed E-state index contributed by atoms with van der Waals surface area (Å²) in [6.07, 6.45) is -0.815. The number of rotatable bonds is 4. The van der Waals surface area contributed by atoms with Crippen molar-refractivity contribution in [2.24, 2.45) is 0 Å². The summed E-state index contributed by atoms with van der Waals surface area (Å²) in [5, 5.41) is 8.75. The van der Waals surface area contributed by atoms with Gasteiger partial charge in [0.2, 0.25) is 0 Å². The number of para-hydroxylation sites is 1. The van der Waals surface area contributed by atoms with Crippen molar-refractivity contribution >= 4 is 5.97 Å². The van der Waals surface area contributed by atoms with Crippen LogP contribution in [0.3, 0.4) is 0 Å². The Balaban J connectivity index is 2.89. The van der Waals surface area contributed by atoms with Crippen LogP contribution in [0.2, 0.25) is 0 Å². The van der Waals surface area contributed by atoms with E-state index in [1.165, 1.54) is 6.92 Å². The van der Waals surface area contributed by atoms with Crippen LogP contribution in [-0.4, -0.2) is 17.2 Å². The van der Waals surface area contributed by atoms with Gasteiger partial charge in [0.25, 0.3) is 0 Å². The Morgan fingerprint density at radius 1 is 1.27 bits per heavy atom. The average Bonchev–Trinajstić information content (AvgIpc) is 2.18. The maximum absolute atomic E-state index is 10.7. The molecule has 1 rings (SSSR count). The van der Waals surface area contributed by atoms with Crippen molar-refractivity contribution in [3.05, 3.63) is 29.8 Å². The molecule has 0 heterocycles. The standard InChI is InChI=1S/C12H16O3/c1-8(2)10-6-4-5-7-11(10)15-9(3)12(13)14/h4-9H,1-3H3,(H,13,14)/t9-/m1/s1. The Kier molecular flexibility index (Phi) is 3.72. The molecular formula is C12H16O3. The molecule has 0 saturated carbocycles. The molecule has 3 nitrogen and oxygen atoms in total. The molecule has 1 aromatic rings. The lowest BCUT2D eigenvalue weighted by atomic mass is 10.0. The highest BCUT2D eigenvalue weighted by Gasteiger charge is 2.15. The molecule has 0 amide bonds. The van der Waals surface area contributed by atoms with Gasteiger partial charge < -0.3 is 9.84 Å². The average molecular weight is 208 g/mol. The van der Waals surface area contributed by atoms with Crippen molar-refractivity contribution in [2.45, 2.75) is 32.8 Å². The molecule has 82 valence electrons. The van der Waals surface area contributed by atoms with Crippen LogP contribution in [0.25, 0.3) is 0 Å². The summed E-state index contributed by atoms with van der Waals surface area (Å²) in [6, 6.07) is 7.52. The topological polar surface area (TPSA) is 46.5 Å². The number of carbonyl (C=O) groups is 1. The number of aliphatic carboxylic acids is 1. The minimum absolute atomic E-state index is 0.321. The van der Waals surface area contributed by atoms with Crippen LogP contribution in [0.15, 0.2) is 24.3 Å². The van der Waals surface area contributed by atoms with Gasteiger partial charge in [-0.05, 0) is 24.5 Å². The molecule has 0 saturated heterocycles. The first-order valence-electron chi connectivity index (χ1n) is 5.00. The van der Waals surface area contributed by atoms with E-state index in [0.29, 0.717) is 11.7 Å². The van der Waals surface area contributed by atoms with Gasteiger partial charge in [0.15, 0.2) is 6.10 Å². The van der Waals surface area contributed by atoms with E-state index in [1.807, 2.05) is 32.0 Å². The first kappa shape index (κ1) is 11.6. The van der Waals surface area contributed by atoms with Crippen molar-refractivity contribution in [3.63, 3.8) is 0 Å². The largest absolute Gasteiger partial charge is 0.479 e. The van der Waals surface area contributed by atoms with E-state index in [2.05, 4.69) is 0 Å². The quantitative estimate of drug-likeness (QED) is 0.827. The van der Waals surface area contributed by atoms with E-state index in [9.17, 15) is 4.79 Å².